The van der Waals surface area contributed by atoms with Crippen molar-refractivity contribution in [2.45, 2.75) is 102 Å². The van der Waals surface area contributed by atoms with Crippen molar-refractivity contribution in [2.75, 3.05) is 39.5 Å². The van der Waals surface area contributed by atoms with Gasteiger partial charge in [0, 0.05) is 37.0 Å². The molecule has 8 nitrogen and oxygen atoms in total. The lowest BCUT2D eigenvalue weighted by molar-refractivity contribution is -0.267. The van der Waals surface area contributed by atoms with Gasteiger partial charge >= 0.3 is 12.4 Å². The molecule has 1 saturated heterocycles. The number of carbonyl (C=O) groups excluding carboxylic acids is 2. The van der Waals surface area contributed by atoms with E-state index >= 15 is 0 Å². The number of hydrogen-bond acceptors (Lipinski definition) is 6. The predicted octanol–water partition coefficient (Wildman–Crippen LogP) is 6.08. The molecule has 286 valence electrons. The standard InChI is InChI=1S/C37H50F6N2O6/c1-21(19-44-32(48)22-14-23(36(38,39)40)16-24(15-22)37(41,42)43)27-4-5-28-26-17-30(46)35(49)18-25(51-20-31(47)45-10-12-50-13-11-45)6-9-34(35,3)29(26)7-8-33(27,28)2/h14-16,21,25-30,46,49H,4-13,17-20H2,1-3H3,(H,44,48)/t21-,25+,26+,27-,28+,29+,30-,33-,34-,35+/m1/s1. The Hall–Kier alpha value is -2.42. The second kappa shape index (κ2) is 13.8. The molecule has 0 bridgehead atoms. The fourth-order valence-corrected chi connectivity index (χ4v) is 11.0. The van der Waals surface area contributed by atoms with Gasteiger partial charge in [-0.1, -0.05) is 20.8 Å². The van der Waals surface area contributed by atoms with Crippen molar-refractivity contribution in [3.05, 3.63) is 34.9 Å². The third kappa shape index (κ3) is 7.03. The zero-order valence-corrected chi connectivity index (χ0v) is 29.4. The molecule has 5 fully saturated rings. The van der Waals surface area contributed by atoms with Gasteiger partial charge in [0.15, 0.2) is 0 Å². The summed E-state index contributed by atoms with van der Waals surface area (Å²) in [6, 6.07) is 0.905. The van der Waals surface area contributed by atoms with Crippen molar-refractivity contribution >= 4 is 11.8 Å². The van der Waals surface area contributed by atoms with E-state index in [1.54, 1.807) is 4.90 Å². The summed E-state index contributed by atoms with van der Waals surface area (Å²) in [5.74, 6) is -0.510. The summed E-state index contributed by atoms with van der Waals surface area (Å²) in [5, 5.41) is 26.5. The summed E-state index contributed by atoms with van der Waals surface area (Å²) in [7, 11) is 0. The minimum Gasteiger partial charge on any atom is -0.390 e. The number of morpholine rings is 1. The molecule has 1 aliphatic heterocycles. The zero-order chi connectivity index (χ0) is 37.1. The van der Waals surface area contributed by atoms with Gasteiger partial charge in [-0.05, 0) is 98.1 Å². The number of carbonyl (C=O) groups is 2. The van der Waals surface area contributed by atoms with Gasteiger partial charge in [-0.2, -0.15) is 26.3 Å². The van der Waals surface area contributed by atoms with Crippen LogP contribution in [0.15, 0.2) is 18.2 Å². The maximum atomic E-state index is 13.4. The van der Waals surface area contributed by atoms with E-state index in [2.05, 4.69) is 19.2 Å². The Morgan fingerprint density at radius 1 is 0.980 bits per heavy atom. The fraction of sp³-hybridized carbons (Fsp3) is 0.784. The van der Waals surface area contributed by atoms with Gasteiger partial charge in [0.2, 0.25) is 5.91 Å². The van der Waals surface area contributed by atoms with E-state index in [9.17, 15) is 46.1 Å². The number of alkyl halides is 6. The average molecular weight is 733 g/mol. The molecule has 5 aliphatic rings. The van der Waals surface area contributed by atoms with Gasteiger partial charge in [0.05, 0.1) is 42.1 Å². The highest BCUT2D eigenvalue weighted by Crippen LogP contribution is 2.69. The van der Waals surface area contributed by atoms with Crippen LogP contribution in [0.5, 0.6) is 0 Å². The summed E-state index contributed by atoms with van der Waals surface area (Å²) < 4.78 is 91.7. The number of rotatable bonds is 7. The van der Waals surface area contributed by atoms with Crippen molar-refractivity contribution in [3.63, 3.8) is 0 Å². The molecular formula is C37H50F6N2O6. The smallest absolute Gasteiger partial charge is 0.390 e. The number of benzene rings is 1. The monoisotopic (exact) mass is 732 g/mol. The number of nitrogens with one attached hydrogen (secondary N) is 1. The Morgan fingerprint density at radius 3 is 2.25 bits per heavy atom. The third-order valence-electron chi connectivity index (χ3n) is 13.8. The first-order chi connectivity index (χ1) is 23.8. The van der Waals surface area contributed by atoms with Crippen molar-refractivity contribution < 1.29 is 55.6 Å². The minimum atomic E-state index is -5.05. The molecule has 1 aromatic carbocycles. The van der Waals surface area contributed by atoms with Gasteiger partial charge in [-0.3, -0.25) is 9.59 Å². The molecule has 2 amide bonds. The van der Waals surface area contributed by atoms with E-state index in [1.165, 1.54) is 0 Å². The lowest BCUT2D eigenvalue weighted by atomic mass is 9.42. The molecule has 6 rings (SSSR count). The molecule has 10 atom stereocenters. The zero-order valence-electron chi connectivity index (χ0n) is 29.4. The van der Waals surface area contributed by atoms with Crippen LogP contribution in [-0.2, 0) is 26.6 Å². The Morgan fingerprint density at radius 2 is 1.63 bits per heavy atom. The van der Waals surface area contributed by atoms with Gasteiger partial charge in [-0.25, -0.2) is 0 Å². The SMILES string of the molecule is C[C@H](CNC(=O)c1cc(C(F)(F)F)cc(C(F)(F)F)c1)[C@H]1CC[C@H]2[C@@H]3C[C@@H](O)[C@@]4(O)C[C@@H](OCC(=O)N5CCOCC5)CC[C@]4(C)[C@H]3CC[C@]12C. The van der Waals surface area contributed by atoms with Crippen LogP contribution in [-0.4, -0.2) is 84.2 Å². The van der Waals surface area contributed by atoms with Crippen molar-refractivity contribution in [1.29, 1.82) is 0 Å². The first kappa shape index (κ1) is 38.3. The lowest BCUT2D eigenvalue weighted by Crippen LogP contribution is -2.68. The molecule has 0 radical (unpaired) electrons. The van der Waals surface area contributed by atoms with Crippen LogP contribution in [0, 0.1) is 40.4 Å². The molecule has 1 aromatic rings. The Balaban J connectivity index is 1.10. The van der Waals surface area contributed by atoms with Gasteiger partial charge in [0.1, 0.15) is 6.61 Å². The fourth-order valence-electron chi connectivity index (χ4n) is 11.0. The van der Waals surface area contributed by atoms with Crippen LogP contribution >= 0.6 is 0 Å². The van der Waals surface area contributed by atoms with Crippen LogP contribution < -0.4 is 5.32 Å². The van der Waals surface area contributed by atoms with E-state index in [4.69, 9.17) is 9.47 Å². The summed E-state index contributed by atoms with van der Waals surface area (Å²) in [4.78, 5) is 27.4. The van der Waals surface area contributed by atoms with Crippen molar-refractivity contribution in [1.82, 2.24) is 10.2 Å². The minimum absolute atomic E-state index is 0.00805. The summed E-state index contributed by atoms with van der Waals surface area (Å²) in [6.45, 7) is 8.34. The molecule has 14 heteroatoms. The third-order valence-corrected chi connectivity index (χ3v) is 13.8. The second-order valence-corrected chi connectivity index (χ2v) is 16.3. The number of ether oxygens (including phenoxy) is 2. The van der Waals surface area contributed by atoms with Crippen LogP contribution in [0.2, 0.25) is 0 Å². The molecular weight excluding hydrogens is 682 g/mol. The predicted molar refractivity (Wildman–Crippen MR) is 173 cm³/mol. The van der Waals surface area contributed by atoms with E-state index in [0.29, 0.717) is 57.7 Å². The van der Waals surface area contributed by atoms with Gasteiger partial charge < -0.3 is 29.9 Å². The van der Waals surface area contributed by atoms with Crippen LogP contribution in [0.25, 0.3) is 0 Å². The highest BCUT2D eigenvalue weighted by atomic mass is 19.4. The highest BCUT2D eigenvalue weighted by molar-refractivity contribution is 5.94. The van der Waals surface area contributed by atoms with E-state index in [-0.39, 0.29) is 72.7 Å². The largest absolute Gasteiger partial charge is 0.416 e. The van der Waals surface area contributed by atoms with Crippen molar-refractivity contribution in [2.24, 2.45) is 40.4 Å². The topological polar surface area (TPSA) is 108 Å². The normalized spacial score (nSPS) is 37.6. The maximum Gasteiger partial charge on any atom is 0.416 e. The first-order valence-electron chi connectivity index (χ1n) is 18.2. The quantitative estimate of drug-likeness (QED) is 0.294. The number of hydrogen-bond donors (Lipinski definition) is 3. The lowest BCUT2D eigenvalue weighted by Gasteiger charge is -2.65. The molecule has 0 unspecified atom stereocenters. The van der Waals surface area contributed by atoms with Gasteiger partial charge in [-0.15, -0.1) is 0 Å². The Labute approximate surface area is 294 Å². The van der Waals surface area contributed by atoms with E-state index in [0.717, 1.165) is 25.7 Å². The van der Waals surface area contributed by atoms with E-state index < -0.39 is 52.1 Å². The maximum absolute atomic E-state index is 13.4. The molecule has 3 N–H and O–H groups in total. The summed E-state index contributed by atoms with van der Waals surface area (Å²) >= 11 is 0. The summed E-state index contributed by atoms with van der Waals surface area (Å²) in [5.41, 5.74) is -5.83. The molecule has 4 aliphatic carbocycles. The number of fused-ring (bicyclic) bond motifs is 5. The molecule has 51 heavy (non-hydrogen) atoms. The van der Waals surface area contributed by atoms with Crippen LogP contribution in [0.4, 0.5) is 26.3 Å². The molecule has 1 heterocycles. The van der Waals surface area contributed by atoms with Gasteiger partial charge in [0.25, 0.3) is 5.91 Å². The van der Waals surface area contributed by atoms with Crippen molar-refractivity contribution in [3.8, 4) is 0 Å². The number of nitrogens with zero attached hydrogens (tertiary/aromatic N) is 1. The number of halogens is 6. The Bertz CT molecular complexity index is 1440. The molecule has 4 saturated carbocycles. The number of amides is 2. The summed E-state index contributed by atoms with van der Waals surface area (Å²) in [6.07, 6.45) is -5.99. The first-order valence-corrected chi connectivity index (χ1v) is 18.2. The molecule has 0 spiro atoms. The van der Waals surface area contributed by atoms with Crippen LogP contribution in [0.3, 0.4) is 0 Å². The van der Waals surface area contributed by atoms with E-state index in [1.807, 2.05) is 6.92 Å². The highest BCUT2D eigenvalue weighted by Gasteiger charge is 2.67. The number of aliphatic hydroxyl groups is 2. The second-order valence-electron chi connectivity index (χ2n) is 16.3. The Kier molecular flexibility index (Phi) is 10.3. The number of aliphatic hydroxyl groups excluding tert-OH is 1. The molecule has 0 aromatic heterocycles. The average Bonchev–Trinajstić information content (AvgIpc) is 3.44. The van der Waals surface area contributed by atoms with Crippen LogP contribution in [0.1, 0.15) is 93.6 Å².